The van der Waals surface area contributed by atoms with Crippen molar-refractivity contribution in [2.75, 3.05) is 4.90 Å². The molecule has 5 heteroatoms. The molecule has 1 amide bonds. The molecule has 0 aliphatic carbocycles. The van der Waals surface area contributed by atoms with Crippen LogP contribution in [-0.4, -0.2) is 16.4 Å². The smallest absolute Gasteiger partial charge is 0.237 e. The van der Waals surface area contributed by atoms with Crippen LogP contribution in [0.5, 0.6) is 0 Å². The lowest BCUT2D eigenvalue weighted by atomic mass is 10.3. The van der Waals surface area contributed by atoms with E-state index in [-0.39, 0.29) is 0 Å². The van der Waals surface area contributed by atoms with Crippen molar-refractivity contribution in [3.63, 3.8) is 0 Å². The second-order valence-electron chi connectivity index (χ2n) is 3.38. The van der Waals surface area contributed by atoms with Crippen molar-refractivity contribution in [1.29, 1.82) is 0 Å². The highest BCUT2D eigenvalue weighted by Gasteiger charge is 2.12. The van der Waals surface area contributed by atoms with E-state index in [2.05, 4.69) is 9.97 Å². The first-order valence-corrected chi connectivity index (χ1v) is 5.69. The summed E-state index contributed by atoms with van der Waals surface area (Å²) in [6.07, 6.45) is 0.736. The molecule has 0 aromatic carbocycles. The number of rotatable bonds is 3. The summed E-state index contributed by atoms with van der Waals surface area (Å²) in [4.78, 5) is 21.0. The number of anilines is 2. The molecule has 16 heavy (non-hydrogen) atoms. The molecule has 0 saturated heterocycles. The maximum absolute atomic E-state index is 11.1. The highest BCUT2D eigenvalue weighted by atomic mass is 32.1. The van der Waals surface area contributed by atoms with Crippen LogP contribution < -0.4 is 4.90 Å². The van der Waals surface area contributed by atoms with Gasteiger partial charge < -0.3 is 0 Å². The minimum atomic E-state index is 0.426. The molecule has 0 radical (unpaired) electrons. The summed E-state index contributed by atoms with van der Waals surface area (Å²) in [5.74, 6) is 0.426. The zero-order chi connectivity index (χ0) is 11.5. The number of carbonyl (C=O) groups excluding carboxylic acids is 1. The van der Waals surface area contributed by atoms with Gasteiger partial charge >= 0.3 is 0 Å². The van der Waals surface area contributed by atoms with E-state index in [1.54, 1.807) is 0 Å². The van der Waals surface area contributed by atoms with Gasteiger partial charge in [0.25, 0.3) is 0 Å². The second-order valence-corrected chi connectivity index (χ2v) is 4.30. The predicted molar refractivity (Wildman–Crippen MR) is 64.0 cm³/mol. The molecule has 0 unspecified atom stereocenters. The van der Waals surface area contributed by atoms with E-state index >= 15 is 0 Å². The minimum Gasteiger partial charge on any atom is -0.278 e. The maximum Gasteiger partial charge on any atom is 0.237 e. The average Bonchev–Trinajstić information content (AvgIpc) is 2.70. The Morgan fingerprint density at radius 3 is 2.50 bits per heavy atom. The van der Waals surface area contributed by atoms with Crippen molar-refractivity contribution in [2.45, 2.75) is 13.8 Å². The lowest BCUT2D eigenvalue weighted by Gasteiger charge is -2.13. The zero-order valence-electron chi connectivity index (χ0n) is 9.04. The van der Waals surface area contributed by atoms with Gasteiger partial charge in [-0.3, -0.25) is 4.79 Å². The standard InChI is InChI=1S/C11H11N3OS/c1-8-6-9(2)13-11(12-8)14(7-15)10-4-3-5-16-10/h3-7H,1-2H3. The van der Waals surface area contributed by atoms with Crippen molar-refractivity contribution in [1.82, 2.24) is 9.97 Å². The Labute approximate surface area is 97.6 Å². The average molecular weight is 233 g/mol. The molecule has 2 heterocycles. The number of hydrogen-bond donors (Lipinski definition) is 0. The van der Waals surface area contributed by atoms with Gasteiger partial charge in [0.05, 0.1) is 0 Å². The first-order valence-electron chi connectivity index (χ1n) is 4.81. The number of aromatic nitrogens is 2. The first kappa shape index (κ1) is 10.8. The summed E-state index contributed by atoms with van der Waals surface area (Å²) in [6, 6.07) is 5.63. The second kappa shape index (κ2) is 4.40. The fourth-order valence-electron chi connectivity index (χ4n) is 1.42. The fourth-order valence-corrected chi connectivity index (χ4v) is 2.11. The molecule has 2 rings (SSSR count). The van der Waals surface area contributed by atoms with Crippen LogP contribution >= 0.6 is 11.3 Å². The summed E-state index contributed by atoms with van der Waals surface area (Å²) in [5, 5.41) is 2.73. The van der Waals surface area contributed by atoms with Crippen molar-refractivity contribution >= 4 is 28.7 Å². The SMILES string of the molecule is Cc1cc(C)nc(N(C=O)c2cccs2)n1. The summed E-state index contributed by atoms with van der Waals surface area (Å²) in [7, 11) is 0. The Morgan fingerprint density at radius 1 is 1.31 bits per heavy atom. The molecule has 2 aromatic heterocycles. The van der Waals surface area contributed by atoms with Gasteiger partial charge in [-0.1, -0.05) is 0 Å². The van der Waals surface area contributed by atoms with Crippen LogP contribution in [0.25, 0.3) is 0 Å². The highest BCUT2D eigenvalue weighted by Crippen LogP contribution is 2.25. The summed E-state index contributed by atoms with van der Waals surface area (Å²) >= 11 is 1.48. The van der Waals surface area contributed by atoms with Crippen molar-refractivity contribution in [2.24, 2.45) is 0 Å². The Kier molecular flexibility index (Phi) is 2.96. The van der Waals surface area contributed by atoms with E-state index in [0.29, 0.717) is 5.95 Å². The monoisotopic (exact) mass is 233 g/mol. The van der Waals surface area contributed by atoms with Gasteiger partial charge in [-0.25, -0.2) is 14.9 Å². The molecule has 0 bridgehead atoms. The quantitative estimate of drug-likeness (QED) is 0.765. The Bertz CT molecular complexity index is 476. The molecular weight excluding hydrogens is 222 g/mol. The summed E-state index contributed by atoms with van der Waals surface area (Å²) < 4.78 is 0. The normalized spacial score (nSPS) is 10.1. The van der Waals surface area contributed by atoms with E-state index in [9.17, 15) is 4.79 Å². The van der Waals surface area contributed by atoms with E-state index in [0.717, 1.165) is 22.8 Å². The van der Waals surface area contributed by atoms with Crippen LogP contribution in [0.15, 0.2) is 23.6 Å². The van der Waals surface area contributed by atoms with E-state index in [1.807, 2.05) is 37.4 Å². The van der Waals surface area contributed by atoms with E-state index < -0.39 is 0 Å². The number of aryl methyl sites for hydroxylation is 2. The van der Waals surface area contributed by atoms with Gasteiger partial charge in [-0.05, 0) is 37.4 Å². The third-order valence-corrected chi connectivity index (χ3v) is 2.90. The lowest BCUT2D eigenvalue weighted by molar-refractivity contribution is -0.106. The van der Waals surface area contributed by atoms with Gasteiger partial charge in [0.2, 0.25) is 12.4 Å². The Hall–Kier alpha value is -1.75. The van der Waals surface area contributed by atoms with Crippen LogP contribution in [0.3, 0.4) is 0 Å². The van der Waals surface area contributed by atoms with Crippen molar-refractivity contribution in [3.05, 3.63) is 35.0 Å². The van der Waals surface area contributed by atoms with Crippen LogP contribution in [0.1, 0.15) is 11.4 Å². The molecular formula is C11H11N3OS. The van der Waals surface area contributed by atoms with Gasteiger partial charge in [-0.2, -0.15) is 0 Å². The van der Waals surface area contributed by atoms with Gasteiger partial charge in [0.1, 0.15) is 5.00 Å². The summed E-state index contributed by atoms with van der Waals surface area (Å²) in [6.45, 7) is 3.77. The Balaban J connectivity index is 2.45. The van der Waals surface area contributed by atoms with Crippen LogP contribution in [0.4, 0.5) is 10.9 Å². The molecule has 0 spiro atoms. The van der Waals surface area contributed by atoms with Crippen LogP contribution in [-0.2, 0) is 4.79 Å². The topological polar surface area (TPSA) is 46.1 Å². The van der Waals surface area contributed by atoms with Gasteiger partial charge in [-0.15, -0.1) is 11.3 Å². The minimum absolute atomic E-state index is 0.426. The third-order valence-electron chi connectivity index (χ3n) is 2.03. The molecule has 0 aliphatic heterocycles. The third kappa shape index (κ3) is 2.09. The molecule has 2 aromatic rings. The number of amides is 1. The van der Waals surface area contributed by atoms with E-state index in [4.69, 9.17) is 0 Å². The van der Waals surface area contributed by atoms with Gasteiger partial charge in [0, 0.05) is 11.4 Å². The lowest BCUT2D eigenvalue weighted by Crippen LogP contribution is -2.16. The van der Waals surface area contributed by atoms with E-state index in [1.165, 1.54) is 16.2 Å². The van der Waals surface area contributed by atoms with Crippen LogP contribution in [0, 0.1) is 13.8 Å². The van der Waals surface area contributed by atoms with Crippen LogP contribution in [0.2, 0.25) is 0 Å². The largest absolute Gasteiger partial charge is 0.278 e. The first-order chi connectivity index (χ1) is 7.70. The zero-order valence-corrected chi connectivity index (χ0v) is 9.86. The summed E-state index contributed by atoms with van der Waals surface area (Å²) in [5.41, 5.74) is 1.71. The van der Waals surface area contributed by atoms with Gasteiger partial charge in [0.15, 0.2) is 0 Å². The molecule has 0 atom stereocenters. The number of carbonyl (C=O) groups is 1. The van der Waals surface area contributed by atoms with Crippen molar-refractivity contribution < 1.29 is 4.79 Å². The Morgan fingerprint density at radius 2 is 2.00 bits per heavy atom. The maximum atomic E-state index is 11.1. The molecule has 0 fully saturated rings. The van der Waals surface area contributed by atoms with Crippen molar-refractivity contribution in [3.8, 4) is 0 Å². The number of hydrogen-bond acceptors (Lipinski definition) is 4. The molecule has 4 nitrogen and oxygen atoms in total. The fraction of sp³-hybridized carbons (Fsp3) is 0.182. The molecule has 0 aliphatic rings. The number of nitrogens with zero attached hydrogens (tertiary/aromatic N) is 3. The predicted octanol–water partition coefficient (Wildman–Crippen LogP) is 2.45. The molecule has 0 N–H and O–H groups in total. The molecule has 82 valence electrons. The highest BCUT2D eigenvalue weighted by molar-refractivity contribution is 7.14. The molecule has 0 saturated carbocycles. The number of thiophene rings is 1.